The summed E-state index contributed by atoms with van der Waals surface area (Å²) in [6.07, 6.45) is 2.02. The van der Waals surface area contributed by atoms with Crippen LogP contribution < -0.4 is 9.47 Å². The number of carbonyl (C=O) groups excluding carboxylic acids is 1. The Kier molecular flexibility index (Phi) is 8.50. The number of hydrogen-bond acceptors (Lipinski definition) is 4. The summed E-state index contributed by atoms with van der Waals surface area (Å²) in [6.45, 7) is 6.57. The predicted molar refractivity (Wildman–Crippen MR) is 129 cm³/mol. The third kappa shape index (κ3) is 6.48. The molecule has 4 nitrogen and oxygen atoms in total. The molecule has 1 atom stereocenters. The van der Waals surface area contributed by atoms with Crippen molar-refractivity contribution in [2.45, 2.75) is 33.3 Å². The molecule has 166 valence electrons. The topological polar surface area (TPSA) is 44.8 Å². The largest absolute Gasteiger partial charge is 0.490 e. The lowest BCUT2D eigenvalue weighted by Crippen LogP contribution is -2.28. The molecule has 32 heavy (non-hydrogen) atoms. The van der Waals surface area contributed by atoms with Crippen LogP contribution in [0.4, 0.5) is 0 Å². The second-order valence-corrected chi connectivity index (χ2v) is 7.38. The first-order valence-electron chi connectivity index (χ1n) is 11.0. The molecule has 0 fully saturated rings. The van der Waals surface area contributed by atoms with Gasteiger partial charge in [0.15, 0.2) is 6.10 Å². The van der Waals surface area contributed by atoms with Gasteiger partial charge >= 0.3 is 5.97 Å². The van der Waals surface area contributed by atoms with Gasteiger partial charge in [-0.25, -0.2) is 4.79 Å². The van der Waals surface area contributed by atoms with Crippen molar-refractivity contribution in [3.05, 3.63) is 90.5 Å². The smallest absolute Gasteiger partial charge is 0.347 e. The molecule has 0 aliphatic heterocycles. The van der Waals surface area contributed by atoms with Crippen LogP contribution in [0, 0.1) is 0 Å². The van der Waals surface area contributed by atoms with E-state index in [0.29, 0.717) is 25.4 Å². The van der Waals surface area contributed by atoms with Crippen molar-refractivity contribution < 1.29 is 19.0 Å². The van der Waals surface area contributed by atoms with Gasteiger partial charge < -0.3 is 14.2 Å². The van der Waals surface area contributed by atoms with Crippen molar-refractivity contribution >= 4 is 11.5 Å². The lowest BCUT2D eigenvalue weighted by atomic mass is 10.0. The maximum atomic E-state index is 11.9. The molecule has 0 saturated carbocycles. The Morgan fingerprint density at radius 2 is 1.47 bits per heavy atom. The van der Waals surface area contributed by atoms with E-state index in [1.165, 1.54) is 16.7 Å². The van der Waals surface area contributed by atoms with Gasteiger partial charge in [-0.05, 0) is 72.9 Å². The highest BCUT2D eigenvalue weighted by Gasteiger charge is 2.19. The number of hydrogen-bond donors (Lipinski definition) is 0. The summed E-state index contributed by atoms with van der Waals surface area (Å²) >= 11 is 0. The normalized spacial score (nSPS) is 12.2. The minimum atomic E-state index is -0.597. The van der Waals surface area contributed by atoms with Crippen molar-refractivity contribution in [1.29, 1.82) is 0 Å². The molecule has 0 N–H and O–H groups in total. The molecule has 0 amide bonds. The zero-order chi connectivity index (χ0) is 22.8. The fourth-order valence-electron chi connectivity index (χ4n) is 3.25. The van der Waals surface area contributed by atoms with Gasteiger partial charge in [0.05, 0.1) is 6.61 Å². The summed E-state index contributed by atoms with van der Waals surface area (Å²) < 4.78 is 16.6. The zero-order valence-corrected chi connectivity index (χ0v) is 18.9. The Labute approximate surface area is 190 Å². The van der Waals surface area contributed by atoms with Crippen LogP contribution in [0.15, 0.2) is 84.9 Å². The summed E-state index contributed by atoms with van der Waals surface area (Å²) in [5.41, 5.74) is 4.74. The van der Waals surface area contributed by atoms with E-state index in [1.807, 2.05) is 37.3 Å². The monoisotopic (exact) mass is 430 g/mol. The van der Waals surface area contributed by atoms with Crippen LogP contribution in [0.2, 0.25) is 0 Å². The summed E-state index contributed by atoms with van der Waals surface area (Å²) in [5, 5.41) is 0. The maximum Gasteiger partial charge on any atom is 0.347 e. The molecule has 0 unspecified atom stereocenters. The van der Waals surface area contributed by atoms with Gasteiger partial charge in [0.1, 0.15) is 18.1 Å². The van der Waals surface area contributed by atoms with Crippen LogP contribution in [-0.4, -0.2) is 25.3 Å². The first-order valence-corrected chi connectivity index (χ1v) is 11.0. The number of benzene rings is 3. The summed E-state index contributed by atoms with van der Waals surface area (Å²) in [7, 11) is 0. The molecule has 0 aliphatic rings. The highest BCUT2D eigenvalue weighted by atomic mass is 16.6. The number of esters is 1. The van der Waals surface area contributed by atoms with E-state index in [-0.39, 0.29) is 5.97 Å². The molecular weight excluding hydrogens is 400 g/mol. The summed E-state index contributed by atoms with van der Waals surface area (Å²) in [6, 6.07) is 26.2. The standard InChI is InChI=1S/C28H30O4/c1-4-27(28(29)30-5-2)32-26-17-15-25(16-18-26)31-20-19-21(3)22-11-13-24(14-12-22)23-9-7-6-8-10-23/h6-19,27H,4-5,20H2,1-3H3/b21-19+/t27-/m1/s1. The molecule has 0 spiro atoms. The van der Waals surface area contributed by atoms with Gasteiger partial charge in [-0.1, -0.05) is 61.5 Å². The Morgan fingerprint density at radius 3 is 2.09 bits per heavy atom. The fourth-order valence-corrected chi connectivity index (χ4v) is 3.25. The van der Waals surface area contributed by atoms with E-state index < -0.39 is 6.10 Å². The van der Waals surface area contributed by atoms with Crippen LogP contribution in [-0.2, 0) is 9.53 Å². The molecule has 0 saturated heterocycles. The van der Waals surface area contributed by atoms with Gasteiger partial charge in [0.25, 0.3) is 0 Å². The zero-order valence-electron chi connectivity index (χ0n) is 18.9. The number of allylic oxidation sites excluding steroid dienone is 1. The minimum Gasteiger partial charge on any atom is -0.490 e. The molecule has 4 heteroatoms. The van der Waals surface area contributed by atoms with E-state index in [0.717, 1.165) is 11.3 Å². The van der Waals surface area contributed by atoms with E-state index in [4.69, 9.17) is 14.2 Å². The van der Waals surface area contributed by atoms with Crippen molar-refractivity contribution in [1.82, 2.24) is 0 Å². The van der Waals surface area contributed by atoms with Crippen molar-refractivity contribution in [2.75, 3.05) is 13.2 Å². The SMILES string of the molecule is CCOC(=O)[C@@H](CC)Oc1ccc(OC/C=C(\C)c2ccc(-c3ccccc3)cc2)cc1. The van der Waals surface area contributed by atoms with Crippen molar-refractivity contribution in [2.24, 2.45) is 0 Å². The van der Waals surface area contributed by atoms with Gasteiger partial charge in [-0.3, -0.25) is 0 Å². The second kappa shape index (κ2) is 11.8. The van der Waals surface area contributed by atoms with E-state index >= 15 is 0 Å². The first kappa shape index (κ1) is 23.1. The Balaban J connectivity index is 1.53. The summed E-state index contributed by atoms with van der Waals surface area (Å²) in [4.78, 5) is 11.9. The molecule has 3 aromatic carbocycles. The van der Waals surface area contributed by atoms with Crippen LogP contribution in [0.3, 0.4) is 0 Å². The van der Waals surface area contributed by atoms with Gasteiger partial charge in [0, 0.05) is 0 Å². The second-order valence-electron chi connectivity index (χ2n) is 7.38. The van der Waals surface area contributed by atoms with E-state index in [2.05, 4.69) is 49.4 Å². The predicted octanol–water partition coefficient (Wildman–Crippen LogP) is 6.56. The molecule has 0 bridgehead atoms. The maximum absolute atomic E-state index is 11.9. The van der Waals surface area contributed by atoms with Crippen molar-refractivity contribution in [3.63, 3.8) is 0 Å². The first-order chi connectivity index (χ1) is 15.6. The van der Waals surface area contributed by atoms with Crippen molar-refractivity contribution in [3.8, 4) is 22.6 Å². The van der Waals surface area contributed by atoms with Gasteiger partial charge in [-0.2, -0.15) is 0 Å². The molecule has 3 aromatic rings. The molecule has 0 radical (unpaired) electrons. The molecule has 0 aliphatic carbocycles. The fraction of sp³-hybridized carbons (Fsp3) is 0.250. The third-order valence-electron chi connectivity index (χ3n) is 5.11. The lowest BCUT2D eigenvalue weighted by molar-refractivity contribution is -0.151. The Morgan fingerprint density at radius 1 is 0.844 bits per heavy atom. The highest BCUT2D eigenvalue weighted by Crippen LogP contribution is 2.23. The summed E-state index contributed by atoms with van der Waals surface area (Å²) in [5.74, 6) is 1.01. The van der Waals surface area contributed by atoms with E-state index in [9.17, 15) is 4.79 Å². The Bertz CT molecular complexity index is 1010. The van der Waals surface area contributed by atoms with Gasteiger partial charge in [0.2, 0.25) is 0 Å². The number of carbonyl (C=O) groups is 1. The van der Waals surface area contributed by atoms with E-state index in [1.54, 1.807) is 19.1 Å². The Hall–Kier alpha value is -3.53. The molecular formula is C28H30O4. The molecule has 0 aromatic heterocycles. The lowest BCUT2D eigenvalue weighted by Gasteiger charge is -2.16. The third-order valence-corrected chi connectivity index (χ3v) is 5.11. The minimum absolute atomic E-state index is 0.340. The highest BCUT2D eigenvalue weighted by molar-refractivity contribution is 5.75. The average Bonchev–Trinajstić information content (AvgIpc) is 2.84. The van der Waals surface area contributed by atoms with Crippen LogP contribution in [0.1, 0.15) is 32.8 Å². The van der Waals surface area contributed by atoms with Crippen LogP contribution >= 0.6 is 0 Å². The average molecular weight is 431 g/mol. The van der Waals surface area contributed by atoms with Crippen LogP contribution in [0.25, 0.3) is 16.7 Å². The quantitative estimate of drug-likeness (QED) is 0.342. The number of rotatable bonds is 10. The molecule has 0 heterocycles. The van der Waals surface area contributed by atoms with Gasteiger partial charge in [-0.15, -0.1) is 0 Å². The number of ether oxygens (including phenoxy) is 3. The molecule has 3 rings (SSSR count). The van der Waals surface area contributed by atoms with Crippen LogP contribution in [0.5, 0.6) is 11.5 Å².